The van der Waals surface area contributed by atoms with Crippen molar-refractivity contribution in [3.63, 3.8) is 0 Å². The molecule has 2 aromatic rings. The number of fused-ring (bicyclic) bond motifs is 1. The second-order valence-corrected chi connectivity index (χ2v) is 11.9. The molecule has 5 rings (SSSR count). The van der Waals surface area contributed by atoms with E-state index in [0.29, 0.717) is 56.3 Å². The number of thiophene rings is 1. The fourth-order valence-corrected chi connectivity index (χ4v) is 5.89. The first-order valence-electron chi connectivity index (χ1n) is 12.2. The molecule has 1 aromatic heterocycles. The van der Waals surface area contributed by atoms with E-state index < -0.39 is 11.3 Å². The van der Waals surface area contributed by atoms with Gasteiger partial charge in [-0.15, -0.1) is 11.3 Å². The van der Waals surface area contributed by atoms with E-state index in [-0.39, 0.29) is 17.8 Å². The average molecular weight is 543 g/mol. The summed E-state index contributed by atoms with van der Waals surface area (Å²) in [5, 5.41) is 5.69. The van der Waals surface area contributed by atoms with Crippen molar-refractivity contribution >= 4 is 51.5 Å². The molecule has 196 valence electrons. The van der Waals surface area contributed by atoms with Crippen LogP contribution in [0.5, 0.6) is 11.5 Å². The number of benzene rings is 1. The van der Waals surface area contributed by atoms with Crippen molar-refractivity contribution in [3.8, 4) is 11.5 Å². The molecule has 0 radical (unpaired) electrons. The molecular weight excluding hydrogens is 512 g/mol. The number of carbonyl (C=O) groups is 2. The largest absolute Gasteiger partial charge is 0.486 e. The molecule has 1 N–H and O–H groups in total. The summed E-state index contributed by atoms with van der Waals surface area (Å²) in [6, 6.07) is 9.37. The molecule has 1 aromatic carbocycles. The first kappa shape index (κ1) is 25.6. The van der Waals surface area contributed by atoms with Crippen LogP contribution >= 0.6 is 23.1 Å². The van der Waals surface area contributed by atoms with Gasteiger partial charge in [-0.25, -0.2) is 9.79 Å². The van der Waals surface area contributed by atoms with Crippen molar-refractivity contribution in [2.75, 3.05) is 37.4 Å². The molecule has 0 saturated carbocycles. The van der Waals surface area contributed by atoms with Gasteiger partial charge in [0.1, 0.15) is 29.6 Å². The van der Waals surface area contributed by atoms with Crippen LogP contribution in [0.2, 0.25) is 0 Å². The highest BCUT2D eigenvalue weighted by Gasteiger charge is 2.41. The Bertz CT molecular complexity index is 1230. The lowest BCUT2D eigenvalue weighted by Crippen LogP contribution is -2.46. The molecule has 9 nitrogen and oxygen atoms in total. The van der Waals surface area contributed by atoms with E-state index in [1.807, 2.05) is 38.3 Å². The Morgan fingerprint density at radius 2 is 1.89 bits per heavy atom. The van der Waals surface area contributed by atoms with Crippen molar-refractivity contribution in [1.82, 2.24) is 4.90 Å². The second-order valence-electron chi connectivity index (χ2n) is 10.00. The first-order chi connectivity index (χ1) is 17.7. The SMILES string of the molecule is CC(C)(C)OC(=O)N1CCC2(CC1)N=C(SCC(=O)Nc1ccc3c(c1)OCCO3)C(c1cccs1)=N2. The first-order valence-corrected chi connectivity index (χ1v) is 14.1. The van der Waals surface area contributed by atoms with Gasteiger partial charge in [-0.05, 0) is 44.4 Å². The zero-order valence-electron chi connectivity index (χ0n) is 21.1. The summed E-state index contributed by atoms with van der Waals surface area (Å²) in [5.41, 5.74) is 0.318. The van der Waals surface area contributed by atoms with Gasteiger partial charge in [0.2, 0.25) is 5.91 Å². The number of piperidine rings is 1. The molecule has 0 bridgehead atoms. The van der Waals surface area contributed by atoms with Crippen LogP contribution in [0.1, 0.15) is 38.5 Å². The third-order valence-electron chi connectivity index (χ3n) is 5.97. The van der Waals surface area contributed by atoms with Crippen molar-refractivity contribution in [1.29, 1.82) is 0 Å². The molecule has 0 aliphatic carbocycles. The third-order valence-corrected chi connectivity index (χ3v) is 7.81. The molecular formula is C26H30N4O5S2. The number of nitrogens with one attached hydrogen (secondary N) is 1. The highest BCUT2D eigenvalue weighted by Crippen LogP contribution is 2.37. The summed E-state index contributed by atoms with van der Waals surface area (Å²) in [6.07, 6.45) is 0.903. The summed E-state index contributed by atoms with van der Waals surface area (Å²) >= 11 is 2.98. The Labute approximate surface area is 224 Å². The van der Waals surface area contributed by atoms with E-state index in [0.717, 1.165) is 15.6 Å². The highest BCUT2D eigenvalue weighted by molar-refractivity contribution is 8.16. The minimum Gasteiger partial charge on any atom is -0.486 e. The molecule has 11 heteroatoms. The van der Waals surface area contributed by atoms with Gasteiger partial charge < -0.3 is 24.4 Å². The maximum Gasteiger partial charge on any atom is 0.410 e. The van der Waals surface area contributed by atoms with Gasteiger partial charge >= 0.3 is 6.09 Å². The van der Waals surface area contributed by atoms with Crippen molar-refractivity contribution in [2.24, 2.45) is 9.98 Å². The number of anilines is 1. The zero-order valence-corrected chi connectivity index (χ0v) is 22.7. The summed E-state index contributed by atoms with van der Waals surface area (Å²) in [4.78, 5) is 38.1. The number of ether oxygens (including phenoxy) is 3. The molecule has 0 unspecified atom stereocenters. The van der Waals surface area contributed by atoms with Crippen LogP contribution in [0.25, 0.3) is 0 Å². The normalized spacial score (nSPS) is 18.3. The number of carbonyl (C=O) groups excluding carboxylic acids is 2. The zero-order chi connectivity index (χ0) is 26.0. The van der Waals surface area contributed by atoms with E-state index in [9.17, 15) is 9.59 Å². The van der Waals surface area contributed by atoms with Crippen LogP contribution in [-0.2, 0) is 9.53 Å². The maximum atomic E-state index is 12.8. The average Bonchev–Trinajstić information content (AvgIpc) is 3.51. The lowest BCUT2D eigenvalue weighted by atomic mass is 9.99. The minimum absolute atomic E-state index is 0.143. The van der Waals surface area contributed by atoms with Crippen LogP contribution in [0, 0.1) is 0 Å². The van der Waals surface area contributed by atoms with Crippen molar-refractivity contribution in [2.45, 2.75) is 44.9 Å². The van der Waals surface area contributed by atoms with Crippen LogP contribution in [0.4, 0.5) is 10.5 Å². The predicted octanol–water partition coefficient (Wildman–Crippen LogP) is 4.82. The van der Waals surface area contributed by atoms with Gasteiger partial charge in [-0.3, -0.25) is 9.79 Å². The monoisotopic (exact) mass is 542 g/mol. The Hall–Kier alpha value is -3.05. The summed E-state index contributed by atoms with van der Waals surface area (Å²) in [6.45, 7) is 7.63. The van der Waals surface area contributed by atoms with Gasteiger partial charge in [0.15, 0.2) is 17.2 Å². The molecule has 4 heterocycles. The van der Waals surface area contributed by atoms with Crippen LogP contribution < -0.4 is 14.8 Å². The van der Waals surface area contributed by atoms with Gasteiger partial charge in [-0.1, -0.05) is 17.8 Å². The number of thioether (sulfide) groups is 1. The molecule has 37 heavy (non-hydrogen) atoms. The maximum absolute atomic E-state index is 12.8. The fourth-order valence-electron chi connectivity index (χ4n) is 4.25. The van der Waals surface area contributed by atoms with E-state index in [1.54, 1.807) is 34.4 Å². The van der Waals surface area contributed by atoms with E-state index >= 15 is 0 Å². The number of aliphatic imine (C=N–C) groups is 2. The molecule has 1 fully saturated rings. The van der Waals surface area contributed by atoms with Crippen LogP contribution in [0.15, 0.2) is 45.7 Å². The molecule has 1 spiro atoms. The van der Waals surface area contributed by atoms with Crippen molar-refractivity contribution < 1.29 is 23.8 Å². The van der Waals surface area contributed by atoms with E-state index in [1.165, 1.54) is 11.8 Å². The van der Waals surface area contributed by atoms with Crippen molar-refractivity contribution in [3.05, 3.63) is 40.6 Å². The van der Waals surface area contributed by atoms with Gasteiger partial charge in [0, 0.05) is 37.7 Å². The second kappa shape index (κ2) is 10.4. The number of rotatable bonds is 4. The number of likely N-dealkylation sites (tertiary alicyclic amines) is 1. The quantitative estimate of drug-likeness (QED) is 0.595. The Morgan fingerprint density at radius 3 is 2.59 bits per heavy atom. The smallest absolute Gasteiger partial charge is 0.410 e. The molecule has 0 atom stereocenters. The Morgan fingerprint density at radius 1 is 1.14 bits per heavy atom. The topological polar surface area (TPSA) is 102 Å². The Kier molecular flexibility index (Phi) is 7.17. The third kappa shape index (κ3) is 6.10. The van der Waals surface area contributed by atoms with E-state index in [2.05, 4.69) is 5.32 Å². The fraction of sp³-hybridized carbons (Fsp3) is 0.462. The highest BCUT2D eigenvalue weighted by atomic mass is 32.2. The summed E-state index contributed by atoms with van der Waals surface area (Å²) < 4.78 is 16.7. The molecule has 3 aliphatic heterocycles. The van der Waals surface area contributed by atoms with Crippen LogP contribution in [0.3, 0.4) is 0 Å². The summed E-state index contributed by atoms with van der Waals surface area (Å²) in [5.74, 6) is 1.36. The molecule has 2 amide bonds. The van der Waals surface area contributed by atoms with E-state index in [4.69, 9.17) is 24.2 Å². The standard InChI is InChI=1S/C26H30N4O5S2/c1-25(2,3)35-24(32)30-10-8-26(9-11-30)28-22(20-5-4-14-36-20)23(29-26)37-16-21(31)27-17-6-7-18-19(15-17)34-13-12-33-18/h4-7,14-15H,8-13,16H2,1-3H3,(H,27,31). The lowest BCUT2D eigenvalue weighted by Gasteiger charge is -2.36. The van der Waals surface area contributed by atoms with Gasteiger partial charge in [0.25, 0.3) is 0 Å². The number of hydrogen-bond acceptors (Lipinski definition) is 9. The Balaban J connectivity index is 1.24. The predicted molar refractivity (Wildman–Crippen MR) is 147 cm³/mol. The number of nitrogens with zero attached hydrogens (tertiary/aromatic N) is 3. The number of amides is 2. The minimum atomic E-state index is -0.619. The molecule has 3 aliphatic rings. The summed E-state index contributed by atoms with van der Waals surface area (Å²) in [7, 11) is 0. The van der Waals surface area contributed by atoms with Gasteiger partial charge in [-0.2, -0.15) is 0 Å². The number of hydrogen-bond donors (Lipinski definition) is 1. The van der Waals surface area contributed by atoms with Crippen LogP contribution in [-0.4, -0.2) is 71.0 Å². The van der Waals surface area contributed by atoms with Gasteiger partial charge in [0.05, 0.1) is 10.6 Å². The molecule has 1 saturated heterocycles. The lowest BCUT2D eigenvalue weighted by molar-refractivity contribution is -0.113.